The number of nitrogens with two attached hydrogens (primary N) is 1. The van der Waals surface area contributed by atoms with Gasteiger partial charge < -0.3 is 16.4 Å². The van der Waals surface area contributed by atoms with Gasteiger partial charge in [0.1, 0.15) is 5.82 Å². The lowest BCUT2D eigenvalue weighted by atomic mass is 10.1. The second-order valence-corrected chi connectivity index (χ2v) is 6.39. The lowest BCUT2D eigenvalue weighted by molar-refractivity contribution is -0.116. The van der Waals surface area contributed by atoms with E-state index in [0.717, 1.165) is 25.3 Å². The third-order valence-corrected chi connectivity index (χ3v) is 3.62. The lowest BCUT2D eigenvalue weighted by Gasteiger charge is -2.17. The van der Waals surface area contributed by atoms with Gasteiger partial charge in [-0.2, -0.15) is 0 Å². The summed E-state index contributed by atoms with van der Waals surface area (Å²) in [4.78, 5) is 23.9. The first-order valence-corrected chi connectivity index (χ1v) is 8.47. The topological polar surface area (TPSA) is 84.2 Å². The molecule has 1 rings (SSSR count). The Morgan fingerprint density at radius 1 is 1.28 bits per heavy atom. The van der Waals surface area contributed by atoms with Gasteiger partial charge in [-0.15, -0.1) is 12.4 Å². The van der Waals surface area contributed by atoms with Crippen LogP contribution in [0.4, 0.5) is 10.1 Å². The van der Waals surface area contributed by atoms with E-state index in [0.29, 0.717) is 13.0 Å². The summed E-state index contributed by atoms with van der Waals surface area (Å²) in [5.41, 5.74) is 5.95. The Kier molecular flexibility index (Phi) is 11.0. The zero-order valence-electron chi connectivity index (χ0n) is 15.1. The summed E-state index contributed by atoms with van der Waals surface area (Å²) in [6.45, 7) is 6.24. The molecule has 1 aromatic carbocycles. The molecule has 0 bridgehead atoms. The van der Waals surface area contributed by atoms with Crippen LogP contribution >= 0.6 is 12.4 Å². The monoisotopic (exact) mass is 373 g/mol. The van der Waals surface area contributed by atoms with Gasteiger partial charge in [0, 0.05) is 24.6 Å². The maximum absolute atomic E-state index is 14.1. The molecule has 0 heterocycles. The number of carbonyl (C=O) groups is 2. The molecule has 0 saturated carbocycles. The summed E-state index contributed by atoms with van der Waals surface area (Å²) in [5.74, 6) is -1.04. The predicted molar refractivity (Wildman–Crippen MR) is 102 cm³/mol. The number of amides is 2. The smallest absolute Gasteiger partial charge is 0.251 e. The van der Waals surface area contributed by atoms with E-state index >= 15 is 0 Å². The highest BCUT2D eigenvalue weighted by atomic mass is 35.5. The van der Waals surface area contributed by atoms with E-state index in [1.165, 1.54) is 12.1 Å². The molecule has 1 aromatic rings. The molecule has 5 nitrogen and oxygen atoms in total. The van der Waals surface area contributed by atoms with Gasteiger partial charge in [0.15, 0.2) is 0 Å². The van der Waals surface area contributed by atoms with Crippen LogP contribution in [0.3, 0.4) is 0 Å². The maximum atomic E-state index is 14.1. The van der Waals surface area contributed by atoms with Crippen molar-refractivity contribution < 1.29 is 14.0 Å². The summed E-state index contributed by atoms with van der Waals surface area (Å²) in [6.07, 6.45) is 3.10. The van der Waals surface area contributed by atoms with E-state index in [1.807, 2.05) is 13.8 Å². The van der Waals surface area contributed by atoms with Crippen molar-refractivity contribution in [2.24, 2.45) is 11.7 Å². The molecule has 0 radical (unpaired) electrons. The van der Waals surface area contributed by atoms with Crippen LogP contribution in [0.1, 0.15) is 56.8 Å². The number of hydrogen-bond acceptors (Lipinski definition) is 3. The predicted octanol–water partition coefficient (Wildman–Crippen LogP) is 3.48. The molecule has 2 amide bonds. The Morgan fingerprint density at radius 3 is 2.48 bits per heavy atom. The summed E-state index contributed by atoms with van der Waals surface area (Å²) in [6, 6.07) is 3.92. The van der Waals surface area contributed by atoms with Gasteiger partial charge in [-0.25, -0.2) is 4.39 Å². The van der Waals surface area contributed by atoms with Crippen molar-refractivity contribution in [3.63, 3.8) is 0 Å². The van der Waals surface area contributed by atoms with E-state index in [4.69, 9.17) is 5.73 Å². The third kappa shape index (κ3) is 8.31. The van der Waals surface area contributed by atoms with Crippen LogP contribution in [-0.2, 0) is 4.79 Å². The summed E-state index contributed by atoms with van der Waals surface area (Å²) < 4.78 is 14.1. The molecular weight excluding hydrogens is 345 g/mol. The van der Waals surface area contributed by atoms with Gasteiger partial charge in [-0.05, 0) is 30.5 Å². The average Bonchev–Trinajstić information content (AvgIpc) is 2.52. The van der Waals surface area contributed by atoms with Crippen LogP contribution in [0.25, 0.3) is 0 Å². The quantitative estimate of drug-likeness (QED) is 0.619. The first kappa shape index (κ1) is 23.3. The Hall–Kier alpha value is -1.66. The summed E-state index contributed by atoms with van der Waals surface area (Å²) in [5, 5.41) is 5.34. The molecule has 0 aliphatic rings. The molecule has 25 heavy (non-hydrogen) atoms. The number of nitrogens with one attached hydrogen (secondary N) is 2. The molecule has 0 fully saturated rings. The van der Waals surface area contributed by atoms with E-state index < -0.39 is 5.82 Å². The number of hydrogen-bond donors (Lipinski definition) is 3. The molecule has 7 heteroatoms. The fraction of sp³-hybridized carbons (Fsp3) is 0.556. The minimum absolute atomic E-state index is 0. The van der Waals surface area contributed by atoms with Crippen LogP contribution in [0.2, 0.25) is 0 Å². The molecular formula is C18H29ClFN3O2. The van der Waals surface area contributed by atoms with Gasteiger partial charge in [0.05, 0.1) is 5.69 Å². The van der Waals surface area contributed by atoms with Crippen molar-refractivity contribution in [1.29, 1.82) is 0 Å². The van der Waals surface area contributed by atoms with Crippen molar-refractivity contribution in [1.82, 2.24) is 5.32 Å². The van der Waals surface area contributed by atoms with Gasteiger partial charge in [-0.1, -0.05) is 33.6 Å². The Morgan fingerprint density at radius 2 is 1.96 bits per heavy atom. The molecule has 0 aromatic heterocycles. The number of rotatable bonds is 9. The van der Waals surface area contributed by atoms with E-state index in [2.05, 4.69) is 17.6 Å². The van der Waals surface area contributed by atoms with Gasteiger partial charge in [0.25, 0.3) is 5.91 Å². The maximum Gasteiger partial charge on any atom is 0.251 e. The fourth-order valence-corrected chi connectivity index (χ4v) is 2.30. The standard InChI is InChI=1S/C18H28FN3O2.ClH/c1-4-5-6-14(11-20)21-18(24)13-7-8-16(15(19)10-13)22-17(23)9-12(2)3;/h7-8,10,12,14H,4-6,9,11,20H2,1-3H3,(H,21,24)(H,22,23);1H. The van der Waals surface area contributed by atoms with E-state index in [-0.39, 0.29) is 47.4 Å². The zero-order valence-corrected chi connectivity index (χ0v) is 15.9. The van der Waals surface area contributed by atoms with Crippen LogP contribution < -0.4 is 16.4 Å². The molecule has 4 N–H and O–H groups in total. The molecule has 1 atom stereocenters. The van der Waals surface area contributed by atoms with Crippen LogP contribution in [0.5, 0.6) is 0 Å². The molecule has 0 saturated heterocycles. The minimum atomic E-state index is -0.627. The number of anilines is 1. The zero-order chi connectivity index (χ0) is 18.1. The van der Waals surface area contributed by atoms with Crippen molar-refractivity contribution in [3.05, 3.63) is 29.6 Å². The first-order valence-electron chi connectivity index (χ1n) is 8.47. The Labute approximate surface area is 155 Å². The molecule has 0 spiro atoms. The van der Waals surface area contributed by atoms with Crippen molar-refractivity contribution in [3.8, 4) is 0 Å². The minimum Gasteiger partial charge on any atom is -0.348 e. The highest BCUT2D eigenvalue weighted by Gasteiger charge is 2.15. The van der Waals surface area contributed by atoms with Crippen LogP contribution in [-0.4, -0.2) is 24.4 Å². The Balaban J connectivity index is 0.00000576. The van der Waals surface area contributed by atoms with Crippen molar-refractivity contribution >= 4 is 29.9 Å². The highest BCUT2D eigenvalue weighted by molar-refractivity contribution is 5.96. The van der Waals surface area contributed by atoms with E-state index in [9.17, 15) is 14.0 Å². The second kappa shape index (κ2) is 11.8. The lowest BCUT2D eigenvalue weighted by Crippen LogP contribution is -2.40. The number of unbranched alkanes of at least 4 members (excludes halogenated alkanes) is 1. The van der Waals surface area contributed by atoms with E-state index in [1.54, 1.807) is 0 Å². The first-order chi connectivity index (χ1) is 11.4. The SMILES string of the molecule is CCCCC(CN)NC(=O)c1ccc(NC(=O)CC(C)C)c(F)c1.Cl. The van der Waals surface area contributed by atoms with Crippen molar-refractivity contribution in [2.75, 3.05) is 11.9 Å². The highest BCUT2D eigenvalue weighted by Crippen LogP contribution is 2.17. The second-order valence-electron chi connectivity index (χ2n) is 6.39. The number of benzene rings is 1. The molecule has 0 aliphatic carbocycles. The van der Waals surface area contributed by atoms with Crippen LogP contribution in [0, 0.1) is 11.7 Å². The third-order valence-electron chi connectivity index (χ3n) is 3.62. The average molecular weight is 374 g/mol. The largest absolute Gasteiger partial charge is 0.348 e. The Bertz CT molecular complexity index is 567. The molecule has 142 valence electrons. The summed E-state index contributed by atoms with van der Waals surface area (Å²) >= 11 is 0. The number of halogens is 2. The van der Waals surface area contributed by atoms with Crippen molar-refractivity contribution in [2.45, 2.75) is 52.5 Å². The molecule has 1 unspecified atom stereocenters. The van der Waals surface area contributed by atoms with Gasteiger partial charge >= 0.3 is 0 Å². The summed E-state index contributed by atoms with van der Waals surface area (Å²) in [7, 11) is 0. The fourth-order valence-electron chi connectivity index (χ4n) is 2.30. The van der Waals surface area contributed by atoms with Gasteiger partial charge in [0.2, 0.25) is 5.91 Å². The molecule has 0 aliphatic heterocycles. The van der Waals surface area contributed by atoms with Crippen LogP contribution in [0.15, 0.2) is 18.2 Å². The normalized spacial score (nSPS) is 11.6. The number of carbonyl (C=O) groups excluding carboxylic acids is 2. The van der Waals surface area contributed by atoms with Gasteiger partial charge in [-0.3, -0.25) is 9.59 Å².